The predicted molar refractivity (Wildman–Crippen MR) is 117 cm³/mol. The highest BCUT2D eigenvalue weighted by Crippen LogP contribution is 2.33. The summed E-state index contributed by atoms with van der Waals surface area (Å²) in [5, 5.41) is 17.7. The molecule has 2 aromatic carbocycles. The zero-order valence-electron chi connectivity index (χ0n) is 16.9. The monoisotopic (exact) mass is 447 g/mol. The van der Waals surface area contributed by atoms with E-state index in [9.17, 15) is 23.3 Å². The van der Waals surface area contributed by atoms with Crippen LogP contribution < -0.4 is 16.4 Å². The van der Waals surface area contributed by atoms with E-state index in [0.717, 1.165) is 12.1 Å². The van der Waals surface area contributed by atoms with Gasteiger partial charge in [-0.3, -0.25) is 14.9 Å². The van der Waals surface area contributed by atoms with E-state index in [-0.39, 0.29) is 35.0 Å². The summed E-state index contributed by atoms with van der Waals surface area (Å²) in [6, 6.07) is 10.8. The summed E-state index contributed by atoms with van der Waals surface area (Å²) in [6.45, 7) is 2.32. The third kappa shape index (κ3) is 5.37. The number of hydrogen-bond donors (Lipinski definition) is 3. The number of anilines is 1. The number of nitrogens with zero attached hydrogens (tertiary/aromatic N) is 2. The maximum atomic E-state index is 13.2. The Morgan fingerprint density at radius 1 is 1.19 bits per heavy atom. The second kappa shape index (κ2) is 9.86. The Kier molecular flexibility index (Phi) is 7.21. The minimum Gasteiger partial charge on any atom is -0.383 e. The van der Waals surface area contributed by atoms with Gasteiger partial charge in [0.15, 0.2) is 9.84 Å². The molecule has 0 unspecified atom stereocenters. The van der Waals surface area contributed by atoms with Gasteiger partial charge in [0.05, 0.1) is 21.3 Å². The Bertz CT molecular complexity index is 1050. The average Bonchev–Trinajstić information content (AvgIpc) is 2.77. The number of benzene rings is 2. The molecule has 0 aliphatic carbocycles. The molecule has 0 saturated carbocycles. The second-order valence-electron chi connectivity index (χ2n) is 7.12. The van der Waals surface area contributed by atoms with E-state index in [1.807, 2.05) is 0 Å². The first kappa shape index (κ1) is 22.7. The summed E-state index contributed by atoms with van der Waals surface area (Å²) in [5.41, 5.74) is 5.47. The molecule has 2 aromatic rings. The van der Waals surface area contributed by atoms with Gasteiger partial charge in [-0.2, -0.15) is 0 Å². The van der Waals surface area contributed by atoms with Crippen LogP contribution in [0.5, 0.6) is 0 Å². The Morgan fingerprint density at radius 2 is 1.87 bits per heavy atom. The number of nitrogens with two attached hydrogens (primary N) is 1. The van der Waals surface area contributed by atoms with Gasteiger partial charge in [0.25, 0.3) is 11.6 Å². The number of carbonyl (C=O) groups is 1. The lowest BCUT2D eigenvalue weighted by Gasteiger charge is -2.27. The number of piperazine rings is 1. The van der Waals surface area contributed by atoms with Crippen molar-refractivity contribution in [3.8, 4) is 0 Å². The zero-order chi connectivity index (χ0) is 22.4. The molecule has 3 rings (SSSR count). The molecule has 1 fully saturated rings. The Hall–Kier alpha value is -3.02. The van der Waals surface area contributed by atoms with Gasteiger partial charge >= 0.3 is 0 Å². The van der Waals surface area contributed by atoms with Gasteiger partial charge in [-0.15, -0.1) is 0 Å². The topological polar surface area (TPSA) is 148 Å². The molecule has 0 spiro atoms. The highest BCUT2D eigenvalue weighted by Gasteiger charge is 2.31. The van der Waals surface area contributed by atoms with Crippen molar-refractivity contribution in [1.82, 2.24) is 10.2 Å². The molecule has 0 atom stereocenters. The van der Waals surface area contributed by atoms with Crippen molar-refractivity contribution in [1.29, 1.82) is 0 Å². The van der Waals surface area contributed by atoms with Crippen LogP contribution in [0.3, 0.4) is 0 Å². The molecule has 10 nitrogen and oxygen atoms in total. The van der Waals surface area contributed by atoms with Crippen LogP contribution in [0.4, 0.5) is 11.4 Å². The zero-order valence-corrected chi connectivity index (χ0v) is 17.7. The maximum Gasteiger partial charge on any atom is 0.284 e. The van der Waals surface area contributed by atoms with Crippen LogP contribution in [0, 0.1) is 10.1 Å². The van der Waals surface area contributed by atoms with Crippen LogP contribution in [0.1, 0.15) is 15.9 Å². The third-order valence-electron chi connectivity index (χ3n) is 4.92. The van der Waals surface area contributed by atoms with E-state index < -0.39 is 26.4 Å². The lowest BCUT2D eigenvalue weighted by Crippen LogP contribution is -2.46. The molecule has 1 aliphatic rings. The van der Waals surface area contributed by atoms with Gasteiger partial charge in [0.1, 0.15) is 5.56 Å². The van der Waals surface area contributed by atoms with Crippen molar-refractivity contribution in [3.63, 3.8) is 0 Å². The van der Waals surface area contributed by atoms with E-state index in [4.69, 9.17) is 5.73 Å². The first-order valence-corrected chi connectivity index (χ1v) is 11.5. The minimum atomic E-state index is -3.91. The Balaban J connectivity index is 2.10. The number of amides is 1. The summed E-state index contributed by atoms with van der Waals surface area (Å²) in [7, 11) is -3.91. The predicted octanol–water partition coefficient (Wildman–Crippen LogP) is 0.985. The van der Waals surface area contributed by atoms with Crippen LogP contribution in [-0.2, 0) is 15.6 Å². The van der Waals surface area contributed by atoms with Gasteiger partial charge in [-0.05, 0) is 11.6 Å². The molecule has 0 aromatic heterocycles. The molecular weight excluding hydrogens is 422 g/mol. The van der Waals surface area contributed by atoms with Crippen LogP contribution >= 0.6 is 0 Å². The third-order valence-corrected chi connectivity index (χ3v) is 6.64. The average molecular weight is 448 g/mol. The summed E-state index contributed by atoms with van der Waals surface area (Å²) in [6.07, 6.45) is 0. The fraction of sp³-hybridized carbons (Fsp3) is 0.350. The second-order valence-corrected chi connectivity index (χ2v) is 9.08. The molecule has 31 heavy (non-hydrogen) atoms. The van der Waals surface area contributed by atoms with Gasteiger partial charge in [-0.1, -0.05) is 30.3 Å². The van der Waals surface area contributed by atoms with Crippen LogP contribution in [-0.4, -0.2) is 63.4 Å². The van der Waals surface area contributed by atoms with Crippen molar-refractivity contribution < 1.29 is 18.1 Å². The molecule has 11 heteroatoms. The van der Waals surface area contributed by atoms with Gasteiger partial charge < -0.3 is 21.3 Å². The SMILES string of the molecule is NCCNc1cc([N+](=O)[O-])c(C(=O)N2CCNCC2)cc1S(=O)(=O)Cc1ccccc1. The Labute approximate surface area is 180 Å². The number of hydrogen-bond acceptors (Lipinski definition) is 8. The Morgan fingerprint density at radius 3 is 2.48 bits per heavy atom. The van der Waals surface area contributed by atoms with Gasteiger partial charge in [0.2, 0.25) is 0 Å². The molecule has 1 saturated heterocycles. The lowest BCUT2D eigenvalue weighted by atomic mass is 10.1. The standard InChI is InChI=1S/C20H25N5O5S/c21-6-7-23-17-13-18(25(27)28)16(20(26)24-10-8-22-9-11-24)12-19(17)31(29,30)14-15-4-2-1-3-5-15/h1-5,12-13,22-23H,6-11,14,21H2. The molecule has 1 amide bonds. The van der Waals surface area contributed by atoms with Crippen LogP contribution in [0.15, 0.2) is 47.4 Å². The van der Waals surface area contributed by atoms with Crippen LogP contribution in [0.2, 0.25) is 0 Å². The number of nitro benzene ring substituents is 1. The summed E-state index contributed by atoms with van der Waals surface area (Å²) < 4.78 is 26.5. The van der Waals surface area contributed by atoms with Crippen molar-refractivity contribution in [2.24, 2.45) is 5.73 Å². The molecule has 166 valence electrons. The fourth-order valence-corrected chi connectivity index (χ4v) is 4.95. The van der Waals surface area contributed by atoms with Crippen molar-refractivity contribution in [2.75, 3.05) is 44.6 Å². The smallest absolute Gasteiger partial charge is 0.284 e. The van der Waals surface area contributed by atoms with Crippen molar-refractivity contribution in [3.05, 3.63) is 63.7 Å². The quantitative estimate of drug-likeness (QED) is 0.401. The number of carbonyl (C=O) groups excluding carboxylic acids is 1. The number of nitrogens with one attached hydrogen (secondary N) is 2. The fourth-order valence-electron chi connectivity index (χ4n) is 3.40. The van der Waals surface area contributed by atoms with E-state index in [2.05, 4.69) is 10.6 Å². The molecular formula is C20H25N5O5S. The summed E-state index contributed by atoms with van der Waals surface area (Å²) in [5.74, 6) is -0.862. The van der Waals surface area contributed by atoms with Crippen molar-refractivity contribution >= 4 is 27.1 Å². The minimum absolute atomic E-state index is 0.0601. The number of nitro groups is 1. The highest BCUT2D eigenvalue weighted by atomic mass is 32.2. The van der Waals surface area contributed by atoms with E-state index in [1.54, 1.807) is 30.3 Å². The molecule has 0 bridgehead atoms. The number of rotatable bonds is 8. The van der Waals surface area contributed by atoms with E-state index in [1.165, 1.54) is 4.90 Å². The van der Waals surface area contributed by atoms with Crippen molar-refractivity contribution in [2.45, 2.75) is 10.6 Å². The highest BCUT2D eigenvalue weighted by molar-refractivity contribution is 7.90. The first-order valence-electron chi connectivity index (χ1n) is 9.86. The summed E-state index contributed by atoms with van der Waals surface area (Å²) in [4.78, 5) is 25.4. The normalized spacial score (nSPS) is 14.3. The van der Waals surface area contributed by atoms with E-state index >= 15 is 0 Å². The molecule has 1 aliphatic heterocycles. The first-order chi connectivity index (χ1) is 14.8. The molecule has 1 heterocycles. The van der Waals surface area contributed by atoms with Gasteiger partial charge in [0, 0.05) is 45.3 Å². The van der Waals surface area contributed by atoms with E-state index in [0.29, 0.717) is 31.7 Å². The lowest BCUT2D eigenvalue weighted by molar-refractivity contribution is -0.385. The van der Waals surface area contributed by atoms with Crippen LogP contribution in [0.25, 0.3) is 0 Å². The maximum absolute atomic E-state index is 13.2. The number of sulfone groups is 1. The largest absolute Gasteiger partial charge is 0.383 e. The van der Waals surface area contributed by atoms with Gasteiger partial charge in [-0.25, -0.2) is 8.42 Å². The molecule has 4 N–H and O–H groups in total. The molecule has 0 radical (unpaired) electrons. The summed E-state index contributed by atoms with van der Waals surface area (Å²) >= 11 is 0.